The maximum absolute atomic E-state index is 5.64. The Morgan fingerprint density at radius 3 is 2.82 bits per heavy atom. The van der Waals surface area contributed by atoms with Gasteiger partial charge < -0.3 is 10.1 Å². The number of aromatic nitrogens is 2. The number of nitrogens with zero attached hydrogens (tertiary/aromatic N) is 2. The van der Waals surface area contributed by atoms with Crippen molar-refractivity contribution in [1.29, 1.82) is 0 Å². The molecular weight excluding hydrogens is 282 g/mol. The monoisotopic (exact) mass is 293 g/mol. The molecule has 0 unspecified atom stereocenters. The third-order valence-electron chi connectivity index (χ3n) is 2.21. The zero-order chi connectivity index (χ0) is 12.3. The fourth-order valence-electron chi connectivity index (χ4n) is 1.32. The Hall–Kier alpha value is -1.62. The second-order valence-electron chi connectivity index (χ2n) is 3.48. The minimum absolute atomic E-state index is 0.520. The van der Waals surface area contributed by atoms with Crippen LogP contribution in [0.15, 0.2) is 34.9 Å². The van der Waals surface area contributed by atoms with Gasteiger partial charge in [0.25, 0.3) is 0 Å². The highest BCUT2D eigenvalue weighted by molar-refractivity contribution is 9.10. The fraction of sp³-hybridized carbons (Fsp3) is 0.167. The summed E-state index contributed by atoms with van der Waals surface area (Å²) in [6.07, 6.45) is 1.65. The van der Waals surface area contributed by atoms with E-state index in [1.54, 1.807) is 19.3 Å². The van der Waals surface area contributed by atoms with Gasteiger partial charge in [-0.2, -0.15) is 4.98 Å². The molecule has 0 aliphatic rings. The van der Waals surface area contributed by atoms with Crippen LogP contribution in [0.5, 0.6) is 11.6 Å². The Kier molecular flexibility index (Phi) is 3.58. The zero-order valence-electron chi connectivity index (χ0n) is 9.57. The average Bonchev–Trinajstić information content (AvgIpc) is 2.34. The van der Waals surface area contributed by atoms with Gasteiger partial charge >= 0.3 is 0 Å². The highest BCUT2D eigenvalue weighted by Crippen LogP contribution is 2.25. The first-order chi connectivity index (χ1) is 8.19. The number of rotatable bonds is 3. The van der Waals surface area contributed by atoms with E-state index in [2.05, 4.69) is 31.2 Å². The summed E-state index contributed by atoms with van der Waals surface area (Å²) >= 11 is 3.45. The van der Waals surface area contributed by atoms with Crippen molar-refractivity contribution in [3.63, 3.8) is 0 Å². The van der Waals surface area contributed by atoms with Gasteiger partial charge in [-0.25, -0.2) is 4.98 Å². The van der Waals surface area contributed by atoms with Crippen LogP contribution >= 0.6 is 15.9 Å². The molecule has 0 bridgehead atoms. The van der Waals surface area contributed by atoms with E-state index in [0.29, 0.717) is 11.8 Å². The van der Waals surface area contributed by atoms with Crippen LogP contribution in [-0.4, -0.2) is 17.0 Å². The Morgan fingerprint density at radius 2 is 2.12 bits per heavy atom. The number of hydrogen-bond acceptors (Lipinski definition) is 4. The molecule has 0 saturated heterocycles. The zero-order valence-corrected chi connectivity index (χ0v) is 11.2. The Balaban J connectivity index is 2.22. The summed E-state index contributed by atoms with van der Waals surface area (Å²) in [5.74, 6) is 1.81. The second-order valence-corrected chi connectivity index (χ2v) is 4.34. The number of aryl methyl sites for hydroxylation is 1. The van der Waals surface area contributed by atoms with Gasteiger partial charge in [0.2, 0.25) is 11.8 Å². The van der Waals surface area contributed by atoms with Gasteiger partial charge in [-0.15, -0.1) is 0 Å². The lowest BCUT2D eigenvalue weighted by molar-refractivity contribution is 0.462. The largest absolute Gasteiger partial charge is 0.439 e. The third-order valence-corrected chi connectivity index (χ3v) is 3.10. The van der Waals surface area contributed by atoms with Crippen LogP contribution in [0.3, 0.4) is 0 Å². The molecule has 1 aromatic carbocycles. The second kappa shape index (κ2) is 5.14. The maximum atomic E-state index is 5.64. The molecule has 0 saturated carbocycles. The lowest BCUT2D eigenvalue weighted by atomic mass is 10.2. The molecule has 4 nitrogen and oxygen atoms in total. The predicted molar refractivity (Wildman–Crippen MR) is 70.5 cm³/mol. The van der Waals surface area contributed by atoms with Crippen molar-refractivity contribution in [3.8, 4) is 11.6 Å². The number of halogens is 1. The minimum Gasteiger partial charge on any atom is -0.439 e. The average molecular weight is 294 g/mol. The standard InChI is InChI=1S/C12H12BrN3O/c1-8-7-9(3-4-10(8)13)17-11-5-6-15-12(14-2)16-11/h3-7H,1-2H3,(H,14,15,16). The normalized spacial score (nSPS) is 10.1. The van der Waals surface area contributed by atoms with E-state index >= 15 is 0 Å². The van der Waals surface area contributed by atoms with E-state index in [0.717, 1.165) is 15.8 Å². The maximum Gasteiger partial charge on any atom is 0.225 e. The number of ether oxygens (including phenoxy) is 1. The van der Waals surface area contributed by atoms with Crippen molar-refractivity contribution in [2.45, 2.75) is 6.92 Å². The van der Waals surface area contributed by atoms with Crippen molar-refractivity contribution in [1.82, 2.24) is 9.97 Å². The van der Waals surface area contributed by atoms with Crippen LogP contribution < -0.4 is 10.1 Å². The van der Waals surface area contributed by atoms with E-state index < -0.39 is 0 Å². The van der Waals surface area contributed by atoms with E-state index in [1.165, 1.54) is 0 Å². The van der Waals surface area contributed by atoms with Crippen LogP contribution in [0, 0.1) is 6.92 Å². The molecule has 0 aliphatic carbocycles. The Bertz CT molecular complexity index is 531. The van der Waals surface area contributed by atoms with Crippen molar-refractivity contribution in [2.75, 3.05) is 12.4 Å². The fourth-order valence-corrected chi connectivity index (χ4v) is 1.57. The molecule has 0 amide bonds. The summed E-state index contributed by atoms with van der Waals surface area (Å²) in [6.45, 7) is 2.01. The molecule has 0 spiro atoms. The molecule has 0 atom stereocenters. The van der Waals surface area contributed by atoms with E-state index in [1.807, 2.05) is 25.1 Å². The summed E-state index contributed by atoms with van der Waals surface area (Å²) in [5.41, 5.74) is 1.12. The van der Waals surface area contributed by atoms with Crippen molar-refractivity contribution >= 4 is 21.9 Å². The summed E-state index contributed by atoms with van der Waals surface area (Å²) in [4.78, 5) is 8.20. The first kappa shape index (κ1) is 11.9. The smallest absolute Gasteiger partial charge is 0.225 e. The van der Waals surface area contributed by atoms with Gasteiger partial charge in [-0.05, 0) is 30.7 Å². The van der Waals surface area contributed by atoms with Crippen molar-refractivity contribution in [3.05, 3.63) is 40.5 Å². The Labute approximate surface area is 108 Å². The van der Waals surface area contributed by atoms with Crippen molar-refractivity contribution < 1.29 is 4.74 Å². The number of benzene rings is 1. The van der Waals surface area contributed by atoms with Gasteiger partial charge in [-0.3, -0.25) is 0 Å². The van der Waals surface area contributed by atoms with Gasteiger partial charge in [0.1, 0.15) is 5.75 Å². The SMILES string of the molecule is CNc1nccc(Oc2ccc(Br)c(C)c2)n1. The van der Waals surface area contributed by atoms with Crippen LogP contribution in [0.25, 0.3) is 0 Å². The van der Waals surface area contributed by atoms with Gasteiger partial charge in [0.15, 0.2) is 0 Å². The summed E-state index contributed by atoms with van der Waals surface area (Å²) in [6, 6.07) is 7.51. The molecule has 5 heteroatoms. The molecule has 1 heterocycles. The molecule has 2 rings (SSSR count). The van der Waals surface area contributed by atoms with E-state index in [4.69, 9.17) is 4.74 Å². The quantitative estimate of drug-likeness (QED) is 0.942. The lowest BCUT2D eigenvalue weighted by Crippen LogP contribution is -1.97. The van der Waals surface area contributed by atoms with E-state index in [9.17, 15) is 0 Å². The topological polar surface area (TPSA) is 47.0 Å². The lowest BCUT2D eigenvalue weighted by Gasteiger charge is -2.07. The summed E-state index contributed by atoms with van der Waals surface area (Å²) in [5, 5.41) is 2.86. The molecule has 0 fully saturated rings. The Morgan fingerprint density at radius 1 is 1.29 bits per heavy atom. The highest BCUT2D eigenvalue weighted by atomic mass is 79.9. The number of hydrogen-bond donors (Lipinski definition) is 1. The van der Waals surface area contributed by atoms with E-state index in [-0.39, 0.29) is 0 Å². The molecule has 1 N–H and O–H groups in total. The predicted octanol–water partition coefficient (Wildman–Crippen LogP) is 3.38. The molecule has 88 valence electrons. The molecule has 0 aliphatic heterocycles. The first-order valence-corrected chi connectivity index (χ1v) is 5.93. The molecular formula is C12H12BrN3O. The van der Waals surface area contributed by atoms with Crippen LogP contribution in [0.1, 0.15) is 5.56 Å². The number of anilines is 1. The molecule has 2 aromatic rings. The number of nitrogens with one attached hydrogen (secondary N) is 1. The summed E-state index contributed by atoms with van der Waals surface area (Å²) in [7, 11) is 1.77. The third kappa shape index (κ3) is 2.94. The van der Waals surface area contributed by atoms with Crippen LogP contribution in [-0.2, 0) is 0 Å². The van der Waals surface area contributed by atoms with Gasteiger partial charge in [-0.1, -0.05) is 15.9 Å². The highest BCUT2D eigenvalue weighted by Gasteiger charge is 2.02. The minimum atomic E-state index is 0.520. The molecule has 17 heavy (non-hydrogen) atoms. The molecule has 0 radical (unpaired) electrons. The van der Waals surface area contributed by atoms with Gasteiger partial charge in [0.05, 0.1) is 0 Å². The van der Waals surface area contributed by atoms with Crippen molar-refractivity contribution in [2.24, 2.45) is 0 Å². The molecule has 1 aromatic heterocycles. The first-order valence-electron chi connectivity index (χ1n) is 5.14. The summed E-state index contributed by atoms with van der Waals surface area (Å²) < 4.78 is 6.70. The van der Waals surface area contributed by atoms with Gasteiger partial charge in [0, 0.05) is 23.8 Å². The van der Waals surface area contributed by atoms with Crippen LogP contribution in [0.4, 0.5) is 5.95 Å². The van der Waals surface area contributed by atoms with Crippen LogP contribution in [0.2, 0.25) is 0 Å².